The molecule has 5 rings (SSSR count). The van der Waals surface area contributed by atoms with Crippen molar-refractivity contribution < 1.29 is 4.39 Å². The number of anilines is 2. The molecule has 5 heteroatoms. The maximum absolute atomic E-state index is 14.3. The Bertz CT molecular complexity index is 1050. The van der Waals surface area contributed by atoms with Crippen molar-refractivity contribution in [3.05, 3.63) is 54.1 Å². The van der Waals surface area contributed by atoms with E-state index >= 15 is 0 Å². The number of nitrogens with one attached hydrogen (secondary N) is 2. The third kappa shape index (κ3) is 2.46. The van der Waals surface area contributed by atoms with Crippen LogP contribution in [0.15, 0.2) is 42.6 Å². The first-order valence-corrected chi connectivity index (χ1v) is 9.09. The summed E-state index contributed by atoms with van der Waals surface area (Å²) < 4.78 is 16.3. The minimum atomic E-state index is -0.253. The summed E-state index contributed by atoms with van der Waals surface area (Å²) in [7, 11) is 1.99. The highest BCUT2D eigenvalue weighted by molar-refractivity contribution is 5.93. The smallest absolute Gasteiger partial charge is 0.126 e. The Morgan fingerprint density at radius 1 is 1.23 bits per heavy atom. The average Bonchev–Trinajstić information content (AvgIpc) is 3.42. The van der Waals surface area contributed by atoms with Gasteiger partial charge in [-0.1, -0.05) is 12.6 Å². The molecule has 3 aromatic rings. The van der Waals surface area contributed by atoms with E-state index in [0.29, 0.717) is 5.92 Å². The number of rotatable bonds is 2. The SMILES string of the molecule is C=C1CCNc2c(cc(F)cc2-c2ccc3c(c2)c(C2CC2)nn3C)N1. The lowest BCUT2D eigenvalue weighted by molar-refractivity contribution is 0.629. The lowest BCUT2D eigenvalue weighted by Crippen LogP contribution is -2.01. The predicted octanol–water partition coefficient (Wildman–Crippen LogP) is 5.00. The topological polar surface area (TPSA) is 41.9 Å². The summed E-state index contributed by atoms with van der Waals surface area (Å²) in [6.45, 7) is 4.78. The van der Waals surface area contributed by atoms with E-state index in [2.05, 4.69) is 35.4 Å². The molecule has 0 radical (unpaired) electrons. The Labute approximate surface area is 151 Å². The van der Waals surface area contributed by atoms with Crippen LogP contribution in [0, 0.1) is 5.82 Å². The molecular formula is C21H21FN4. The number of aromatic nitrogens is 2. The summed E-state index contributed by atoms with van der Waals surface area (Å²) in [6, 6.07) is 9.43. The highest BCUT2D eigenvalue weighted by atomic mass is 19.1. The molecule has 1 fully saturated rings. The molecule has 4 nitrogen and oxygen atoms in total. The van der Waals surface area contributed by atoms with Crippen molar-refractivity contribution in [3.63, 3.8) is 0 Å². The lowest BCUT2D eigenvalue weighted by atomic mass is 9.99. The van der Waals surface area contributed by atoms with Gasteiger partial charge in [0.05, 0.1) is 22.6 Å². The molecule has 0 spiro atoms. The van der Waals surface area contributed by atoms with Gasteiger partial charge in [-0.25, -0.2) is 4.39 Å². The molecule has 132 valence electrons. The number of halogens is 1. The second kappa shape index (κ2) is 5.59. The molecule has 2 N–H and O–H groups in total. The van der Waals surface area contributed by atoms with Crippen LogP contribution in [0.3, 0.4) is 0 Å². The van der Waals surface area contributed by atoms with Crippen molar-refractivity contribution in [2.24, 2.45) is 7.05 Å². The van der Waals surface area contributed by atoms with Gasteiger partial charge in [-0.3, -0.25) is 4.68 Å². The lowest BCUT2D eigenvalue weighted by Gasteiger charge is -2.15. The van der Waals surface area contributed by atoms with Crippen LogP contribution in [0.1, 0.15) is 30.9 Å². The molecule has 2 heterocycles. The van der Waals surface area contributed by atoms with Gasteiger partial charge in [0.1, 0.15) is 5.82 Å². The van der Waals surface area contributed by atoms with Crippen LogP contribution in [0.5, 0.6) is 0 Å². The largest absolute Gasteiger partial charge is 0.382 e. The van der Waals surface area contributed by atoms with Crippen LogP contribution in [0.25, 0.3) is 22.0 Å². The highest BCUT2D eigenvalue weighted by Crippen LogP contribution is 2.44. The number of fused-ring (bicyclic) bond motifs is 2. The molecule has 2 aliphatic rings. The fraction of sp³-hybridized carbons (Fsp3) is 0.286. The van der Waals surface area contributed by atoms with Crippen molar-refractivity contribution in [1.29, 1.82) is 0 Å². The van der Waals surface area contributed by atoms with Crippen LogP contribution >= 0.6 is 0 Å². The maximum atomic E-state index is 14.3. The number of hydrogen-bond acceptors (Lipinski definition) is 3. The second-order valence-corrected chi connectivity index (χ2v) is 7.30. The standard InChI is InChI=1S/C21H21FN4/c1-12-7-8-23-21-16(10-15(22)11-18(21)24-12)14-5-6-19-17(9-14)20(13-3-4-13)25-26(19)2/h5-6,9-11,13,23-24H,1,3-4,7-8H2,2H3. The third-order valence-corrected chi connectivity index (χ3v) is 5.30. The number of aryl methyl sites for hydroxylation is 1. The van der Waals surface area contributed by atoms with E-state index in [1.807, 2.05) is 11.7 Å². The monoisotopic (exact) mass is 348 g/mol. The molecule has 0 atom stereocenters. The Balaban J connectivity index is 1.70. The van der Waals surface area contributed by atoms with E-state index in [-0.39, 0.29) is 5.82 Å². The van der Waals surface area contributed by atoms with Crippen molar-refractivity contribution in [3.8, 4) is 11.1 Å². The van der Waals surface area contributed by atoms with Crippen LogP contribution in [0.4, 0.5) is 15.8 Å². The summed E-state index contributed by atoms with van der Waals surface area (Å²) in [5.41, 5.74) is 6.74. The average molecular weight is 348 g/mol. The van der Waals surface area contributed by atoms with E-state index in [9.17, 15) is 4.39 Å². The Kier molecular flexibility index (Phi) is 3.32. The van der Waals surface area contributed by atoms with Crippen LogP contribution in [0.2, 0.25) is 0 Å². The summed E-state index contributed by atoms with van der Waals surface area (Å²) in [5.74, 6) is 0.318. The first-order chi connectivity index (χ1) is 12.6. The van der Waals surface area contributed by atoms with Gasteiger partial charge < -0.3 is 10.6 Å². The van der Waals surface area contributed by atoms with Crippen LogP contribution in [-0.4, -0.2) is 16.3 Å². The first-order valence-electron chi connectivity index (χ1n) is 9.09. The number of hydrogen-bond donors (Lipinski definition) is 2. The van der Waals surface area contributed by atoms with Crippen molar-refractivity contribution in [1.82, 2.24) is 9.78 Å². The second-order valence-electron chi connectivity index (χ2n) is 7.30. The van der Waals surface area contributed by atoms with Crippen molar-refractivity contribution in [2.75, 3.05) is 17.2 Å². The molecule has 0 unspecified atom stereocenters. The summed E-state index contributed by atoms with van der Waals surface area (Å²) in [5, 5.41) is 12.6. The molecule has 2 aromatic carbocycles. The summed E-state index contributed by atoms with van der Waals surface area (Å²) in [4.78, 5) is 0. The molecule has 1 aromatic heterocycles. The number of benzene rings is 2. The van der Waals surface area contributed by atoms with Crippen LogP contribution < -0.4 is 10.6 Å². The van der Waals surface area contributed by atoms with Gasteiger partial charge in [0.25, 0.3) is 0 Å². The molecule has 26 heavy (non-hydrogen) atoms. The minimum absolute atomic E-state index is 0.253. The fourth-order valence-electron chi connectivity index (χ4n) is 3.83. The van der Waals surface area contributed by atoms with E-state index < -0.39 is 0 Å². The van der Waals surface area contributed by atoms with Crippen LogP contribution in [-0.2, 0) is 7.05 Å². The Morgan fingerprint density at radius 2 is 2.08 bits per heavy atom. The third-order valence-electron chi connectivity index (χ3n) is 5.30. The van der Waals surface area contributed by atoms with E-state index in [0.717, 1.165) is 46.7 Å². The van der Waals surface area contributed by atoms with Gasteiger partial charge in [-0.05, 0) is 42.7 Å². The molecule has 0 bridgehead atoms. The summed E-state index contributed by atoms with van der Waals surface area (Å²) >= 11 is 0. The van der Waals surface area contributed by atoms with Gasteiger partial charge in [-0.2, -0.15) is 5.10 Å². The fourth-order valence-corrected chi connectivity index (χ4v) is 3.83. The molecule has 0 amide bonds. The van der Waals surface area contributed by atoms with Gasteiger partial charge in [0.2, 0.25) is 0 Å². The zero-order chi connectivity index (χ0) is 17.8. The molecule has 1 aliphatic heterocycles. The molecule has 0 saturated heterocycles. The zero-order valence-electron chi connectivity index (χ0n) is 14.8. The van der Waals surface area contributed by atoms with Gasteiger partial charge in [0, 0.05) is 42.6 Å². The zero-order valence-corrected chi connectivity index (χ0v) is 14.8. The Hall–Kier alpha value is -2.82. The van der Waals surface area contributed by atoms with Gasteiger partial charge >= 0.3 is 0 Å². The predicted molar refractivity (Wildman–Crippen MR) is 104 cm³/mol. The Morgan fingerprint density at radius 3 is 2.88 bits per heavy atom. The molecule has 1 aliphatic carbocycles. The highest BCUT2D eigenvalue weighted by Gasteiger charge is 2.29. The normalized spacial score (nSPS) is 16.8. The first kappa shape index (κ1) is 15.4. The maximum Gasteiger partial charge on any atom is 0.126 e. The van der Waals surface area contributed by atoms with Gasteiger partial charge in [0.15, 0.2) is 0 Å². The van der Waals surface area contributed by atoms with E-state index in [1.54, 1.807) is 6.07 Å². The molecular weight excluding hydrogens is 327 g/mol. The van der Waals surface area contributed by atoms with E-state index in [4.69, 9.17) is 5.10 Å². The number of nitrogens with zero attached hydrogens (tertiary/aromatic N) is 2. The van der Waals surface area contributed by atoms with Crippen molar-refractivity contribution in [2.45, 2.75) is 25.2 Å². The quantitative estimate of drug-likeness (QED) is 0.685. The summed E-state index contributed by atoms with van der Waals surface area (Å²) in [6.07, 6.45) is 3.22. The minimum Gasteiger partial charge on any atom is -0.382 e. The van der Waals surface area contributed by atoms with Crippen molar-refractivity contribution >= 4 is 22.3 Å². The van der Waals surface area contributed by atoms with E-state index in [1.165, 1.54) is 30.0 Å². The molecule has 1 saturated carbocycles. The van der Waals surface area contributed by atoms with Gasteiger partial charge in [-0.15, -0.1) is 0 Å².